The van der Waals surface area contributed by atoms with Crippen LogP contribution in [-0.4, -0.2) is 49.2 Å². The van der Waals surface area contributed by atoms with Gasteiger partial charge in [0, 0.05) is 6.04 Å². The van der Waals surface area contributed by atoms with Crippen LogP contribution in [0.3, 0.4) is 0 Å². The molecule has 1 N–H and O–H groups in total. The molecule has 0 bridgehead atoms. The molecule has 4 atom stereocenters. The fourth-order valence-electron chi connectivity index (χ4n) is 2.59. The zero-order valence-corrected chi connectivity index (χ0v) is 11.5. The SMILES string of the molecule is CC(C)N[C@@H]1COC2C1OC[C@@H]2OC(C)(C)C. The van der Waals surface area contributed by atoms with Crippen molar-refractivity contribution in [1.29, 1.82) is 0 Å². The molecule has 2 rings (SSSR count). The summed E-state index contributed by atoms with van der Waals surface area (Å²) < 4.78 is 17.7. The number of fused-ring (bicyclic) bond motifs is 1. The van der Waals surface area contributed by atoms with Gasteiger partial charge in [-0.25, -0.2) is 0 Å². The predicted octanol–water partition coefficient (Wildman–Crippen LogP) is 1.33. The molecule has 4 nitrogen and oxygen atoms in total. The quantitative estimate of drug-likeness (QED) is 0.812. The van der Waals surface area contributed by atoms with E-state index in [1.807, 2.05) is 0 Å². The number of rotatable bonds is 3. The molecular weight excluding hydrogens is 218 g/mol. The van der Waals surface area contributed by atoms with Crippen molar-refractivity contribution < 1.29 is 14.2 Å². The van der Waals surface area contributed by atoms with Crippen molar-refractivity contribution in [3.63, 3.8) is 0 Å². The van der Waals surface area contributed by atoms with E-state index < -0.39 is 0 Å². The lowest BCUT2D eigenvalue weighted by Gasteiger charge is -2.26. The first kappa shape index (κ1) is 13.3. The molecule has 2 saturated heterocycles. The monoisotopic (exact) mass is 243 g/mol. The highest BCUT2D eigenvalue weighted by Crippen LogP contribution is 2.31. The van der Waals surface area contributed by atoms with Crippen molar-refractivity contribution in [2.24, 2.45) is 0 Å². The Kier molecular flexibility index (Phi) is 3.78. The molecule has 0 aromatic carbocycles. The standard InChI is InChI=1S/C13H25NO3/c1-8(2)14-9-6-15-12-10(7-16-11(9)12)17-13(3,4)5/h8-12,14H,6-7H2,1-5H3/t9-,10+,11?,12?/m1/s1. The van der Waals surface area contributed by atoms with E-state index in [0.29, 0.717) is 18.7 Å². The zero-order chi connectivity index (χ0) is 12.6. The molecule has 0 aliphatic carbocycles. The molecule has 0 amide bonds. The minimum absolute atomic E-state index is 0.0685. The number of nitrogens with one attached hydrogen (secondary N) is 1. The van der Waals surface area contributed by atoms with E-state index in [-0.39, 0.29) is 23.9 Å². The summed E-state index contributed by atoms with van der Waals surface area (Å²) in [7, 11) is 0. The van der Waals surface area contributed by atoms with Crippen LogP contribution in [0.2, 0.25) is 0 Å². The Labute approximate surface area is 104 Å². The third-order valence-corrected chi connectivity index (χ3v) is 3.06. The van der Waals surface area contributed by atoms with Gasteiger partial charge >= 0.3 is 0 Å². The van der Waals surface area contributed by atoms with Gasteiger partial charge in [-0.1, -0.05) is 13.8 Å². The lowest BCUT2D eigenvalue weighted by atomic mass is 10.1. The summed E-state index contributed by atoms with van der Waals surface area (Å²) in [5.41, 5.74) is -0.143. The van der Waals surface area contributed by atoms with Crippen molar-refractivity contribution in [2.45, 2.75) is 70.6 Å². The molecule has 0 radical (unpaired) electrons. The van der Waals surface area contributed by atoms with Gasteiger partial charge in [0.05, 0.1) is 24.9 Å². The van der Waals surface area contributed by atoms with Gasteiger partial charge in [-0.3, -0.25) is 0 Å². The predicted molar refractivity (Wildman–Crippen MR) is 66.2 cm³/mol. The molecule has 17 heavy (non-hydrogen) atoms. The maximum Gasteiger partial charge on any atom is 0.114 e. The van der Waals surface area contributed by atoms with Gasteiger partial charge in [0.2, 0.25) is 0 Å². The summed E-state index contributed by atoms with van der Waals surface area (Å²) in [5, 5.41) is 3.49. The summed E-state index contributed by atoms with van der Waals surface area (Å²) in [5.74, 6) is 0. The van der Waals surface area contributed by atoms with Gasteiger partial charge < -0.3 is 19.5 Å². The highest BCUT2D eigenvalue weighted by atomic mass is 16.6. The van der Waals surface area contributed by atoms with Crippen LogP contribution in [0.1, 0.15) is 34.6 Å². The molecule has 0 aromatic rings. The van der Waals surface area contributed by atoms with Gasteiger partial charge in [-0.15, -0.1) is 0 Å². The first-order chi connectivity index (χ1) is 7.87. The van der Waals surface area contributed by atoms with E-state index in [1.54, 1.807) is 0 Å². The Morgan fingerprint density at radius 3 is 2.35 bits per heavy atom. The van der Waals surface area contributed by atoms with Gasteiger partial charge in [0.1, 0.15) is 18.3 Å². The largest absolute Gasteiger partial charge is 0.371 e. The fraction of sp³-hybridized carbons (Fsp3) is 1.00. The molecule has 4 heteroatoms. The molecule has 0 aromatic heterocycles. The average molecular weight is 243 g/mol. The highest BCUT2D eigenvalue weighted by Gasteiger charge is 2.49. The summed E-state index contributed by atoms with van der Waals surface area (Å²) in [4.78, 5) is 0. The van der Waals surface area contributed by atoms with Crippen LogP contribution in [0.4, 0.5) is 0 Å². The molecule has 2 aliphatic heterocycles. The van der Waals surface area contributed by atoms with E-state index in [0.717, 1.165) is 6.61 Å². The first-order valence-electron chi connectivity index (χ1n) is 6.54. The van der Waals surface area contributed by atoms with Crippen LogP contribution in [0.5, 0.6) is 0 Å². The minimum atomic E-state index is -0.143. The third kappa shape index (κ3) is 3.19. The molecule has 2 fully saturated rings. The Bertz CT molecular complexity index is 262. The van der Waals surface area contributed by atoms with Gasteiger partial charge in [0.25, 0.3) is 0 Å². The van der Waals surface area contributed by atoms with Crippen LogP contribution in [0, 0.1) is 0 Å². The second-order valence-electron chi connectivity index (χ2n) is 6.29. The van der Waals surface area contributed by atoms with Gasteiger partial charge in [0.15, 0.2) is 0 Å². The second kappa shape index (κ2) is 4.84. The number of ether oxygens (including phenoxy) is 3. The van der Waals surface area contributed by atoms with E-state index >= 15 is 0 Å². The Morgan fingerprint density at radius 1 is 1.12 bits per heavy atom. The zero-order valence-electron chi connectivity index (χ0n) is 11.5. The van der Waals surface area contributed by atoms with E-state index in [2.05, 4.69) is 39.9 Å². The van der Waals surface area contributed by atoms with E-state index in [4.69, 9.17) is 14.2 Å². The van der Waals surface area contributed by atoms with E-state index in [1.165, 1.54) is 0 Å². The van der Waals surface area contributed by atoms with Gasteiger partial charge in [-0.05, 0) is 20.8 Å². The van der Waals surface area contributed by atoms with Crippen LogP contribution in [-0.2, 0) is 14.2 Å². The normalized spacial score (nSPS) is 37.8. The maximum absolute atomic E-state index is 5.99. The molecule has 2 aliphatic rings. The molecular formula is C13H25NO3. The summed E-state index contributed by atoms with van der Waals surface area (Å²) in [6.07, 6.45) is 0.300. The summed E-state index contributed by atoms with van der Waals surface area (Å²) >= 11 is 0. The van der Waals surface area contributed by atoms with Crippen molar-refractivity contribution in [1.82, 2.24) is 5.32 Å². The smallest absolute Gasteiger partial charge is 0.114 e. The van der Waals surface area contributed by atoms with Crippen LogP contribution < -0.4 is 5.32 Å². The maximum atomic E-state index is 5.99. The van der Waals surface area contributed by atoms with Crippen molar-refractivity contribution in [3.8, 4) is 0 Å². The Morgan fingerprint density at radius 2 is 1.76 bits per heavy atom. The molecule has 100 valence electrons. The fourth-order valence-corrected chi connectivity index (χ4v) is 2.59. The molecule has 2 unspecified atom stereocenters. The van der Waals surface area contributed by atoms with Gasteiger partial charge in [-0.2, -0.15) is 0 Å². The van der Waals surface area contributed by atoms with Crippen molar-refractivity contribution >= 4 is 0 Å². The molecule has 0 saturated carbocycles. The van der Waals surface area contributed by atoms with Crippen LogP contribution in [0.25, 0.3) is 0 Å². The highest BCUT2D eigenvalue weighted by molar-refractivity contribution is 4.99. The van der Waals surface area contributed by atoms with Crippen molar-refractivity contribution in [2.75, 3.05) is 13.2 Å². The van der Waals surface area contributed by atoms with E-state index in [9.17, 15) is 0 Å². The van der Waals surface area contributed by atoms with Crippen LogP contribution >= 0.6 is 0 Å². The topological polar surface area (TPSA) is 39.7 Å². The first-order valence-corrected chi connectivity index (χ1v) is 6.54. The lowest BCUT2D eigenvalue weighted by Crippen LogP contribution is -2.44. The minimum Gasteiger partial charge on any atom is -0.371 e. The Balaban J connectivity index is 1.92. The number of hydrogen-bond acceptors (Lipinski definition) is 4. The molecule has 2 heterocycles. The van der Waals surface area contributed by atoms with Crippen LogP contribution in [0.15, 0.2) is 0 Å². The average Bonchev–Trinajstić information content (AvgIpc) is 2.68. The lowest BCUT2D eigenvalue weighted by molar-refractivity contribution is -0.102. The Hall–Kier alpha value is -0.160. The third-order valence-electron chi connectivity index (χ3n) is 3.06. The number of hydrogen-bond donors (Lipinski definition) is 1. The summed E-state index contributed by atoms with van der Waals surface area (Å²) in [6.45, 7) is 11.9. The summed E-state index contributed by atoms with van der Waals surface area (Å²) in [6, 6.07) is 0.752. The van der Waals surface area contributed by atoms with Crippen molar-refractivity contribution in [3.05, 3.63) is 0 Å². The second-order valence-corrected chi connectivity index (χ2v) is 6.29. The molecule has 0 spiro atoms.